The Morgan fingerprint density at radius 3 is 2.52 bits per heavy atom. The van der Waals surface area contributed by atoms with Gasteiger partial charge in [-0.15, -0.1) is 0 Å². The number of ether oxygens (including phenoxy) is 2. The number of hydrogen-bond acceptors (Lipinski definition) is 4. The number of amides is 1. The largest absolute Gasteiger partial charge is 0.493 e. The van der Waals surface area contributed by atoms with Gasteiger partial charge >= 0.3 is 0 Å². The number of nitrogens with one attached hydrogen (secondary N) is 3. The lowest BCUT2D eigenvalue weighted by Gasteiger charge is -2.13. The quantitative estimate of drug-likeness (QED) is 0.325. The second-order valence-electron chi connectivity index (χ2n) is 6.38. The maximum Gasteiger partial charge on any atom is 0.243 e. The molecule has 0 heterocycles. The predicted octanol–water partition coefficient (Wildman–Crippen LogP) is 3.29. The number of hydrogen-bond donors (Lipinski definition) is 3. The van der Waals surface area contributed by atoms with Gasteiger partial charge in [-0.25, -0.2) is 0 Å². The summed E-state index contributed by atoms with van der Waals surface area (Å²) in [5, 5.41) is 9.07. The molecule has 2 rings (SSSR count). The van der Waals surface area contributed by atoms with Crippen molar-refractivity contribution in [3.63, 3.8) is 0 Å². The Hall–Kier alpha value is -3.06. The molecule has 0 aromatic heterocycles. The van der Waals surface area contributed by atoms with Crippen molar-refractivity contribution in [3.05, 3.63) is 54.1 Å². The zero-order valence-corrected chi connectivity index (χ0v) is 17.3. The average Bonchev–Trinajstić information content (AvgIpc) is 2.74. The Balaban J connectivity index is 1.83. The van der Waals surface area contributed by atoms with E-state index in [0.29, 0.717) is 19.2 Å². The maximum atomic E-state index is 12.2. The fourth-order valence-electron chi connectivity index (χ4n) is 2.61. The summed E-state index contributed by atoms with van der Waals surface area (Å²) in [7, 11) is 3.33. The molecule has 0 saturated carbocycles. The minimum Gasteiger partial charge on any atom is -0.493 e. The first-order valence-electron chi connectivity index (χ1n) is 9.73. The molecular weight excluding hydrogens is 368 g/mol. The molecule has 0 aliphatic heterocycles. The van der Waals surface area contributed by atoms with Crippen LogP contribution in [-0.2, 0) is 16.0 Å². The first-order valence-corrected chi connectivity index (χ1v) is 9.73. The highest BCUT2D eigenvalue weighted by Gasteiger charge is 2.06. The van der Waals surface area contributed by atoms with Crippen molar-refractivity contribution in [3.8, 4) is 5.75 Å². The molecule has 0 spiro atoms. The summed E-state index contributed by atoms with van der Waals surface area (Å²) in [4.78, 5) is 16.4. The summed E-state index contributed by atoms with van der Waals surface area (Å²) in [5.74, 6) is 1.12. The summed E-state index contributed by atoms with van der Waals surface area (Å²) < 4.78 is 10.7. The average molecular weight is 399 g/mol. The molecule has 2 aromatic carbocycles. The Kier molecular flexibility index (Phi) is 9.51. The van der Waals surface area contributed by atoms with Crippen LogP contribution >= 0.6 is 0 Å². The number of rotatable bonds is 10. The number of guanidine groups is 1. The molecule has 156 valence electrons. The molecule has 0 radical (unpaired) electrons. The molecule has 0 unspecified atom stereocenters. The van der Waals surface area contributed by atoms with Crippen LogP contribution in [0, 0.1) is 0 Å². The van der Waals surface area contributed by atoms with Crippen LogP contribution in [0.1, 0.15) is 18.9 Å². The highest BCUT2D eigenvalue weighted by Crippen LogP contribution is 2.17. The minimum absolute atomic E-state index is 0.100. The molecule has 0 atom stereocenters. The number of carbonyl (C=O) groups excluding carboxylic acids is 1. The first kappa shape index (κ1) is 22.2. The highest BCUT2D eigenvalue weighted by molar-refractivity contribution is 5.99. The van der Waals surface area contributed by atoms with Crippen LogP contribution in [0.4, 0.5) is 11.4 Å². The second kappa shape index (κ2) is 12.4. The van der Waals surface area contributed by atoms with E-state index in [0.717, 1.165) is 30.0 Å². The number of nitrogens with zero attached hydrogens (tertiary/aromatic N) is 1. The Morgan fingerprint density at radius 2 is 1.79 bits per heavy atom. The second-order valence-corrected chi connectivity index (χ2v) is 6.38. The van der Waals surface area contributed by atoms with Crippen molar-refractivity contribution in [2.24, 2.45) is 4.99 Å². The molecular formula is C22H30N4O3. The smallest absolute Gasteiger partial charge is 0.243 e. The third-order valence-corrected chi connectivity index (χ3v) is 4.12. The van der Waals surface area contributed by atoms with Gasteiger partial charge < -0.3 is 25.4 Å². The van der Waals surface area contributed by atoms with Crippen LogP contribution in [-0.4, -0.2) is 45.8 Å². The van der Waals surface area contributed by atoms with E-state index in [1.165, 1.54) is 5.56 Å². The fourth-order valence-corrected chi connectivity index (χ4v) is 2.61. The molecule has 1 amide bonds. The van der Waals surface area contributed by atoms with Crippen LogP contribution < -0.4 is 20.7 Å². The van der Waals surface area contributed by atoms with E-state index in [1.54, 1.807) is 14.2 Å². The van der Waals surface area contributed by atoms with Crippen LogP contribution in [0.3, 0.4) is 0 Å². The standard InChI is InChI=1S/C22H30N4O3/c1-4-17-8-5-9-18(14-17)25-21(27)16-24-22(23-2)26-19-10-6-11-20(15-19)29-13-7-12-28-3/h5-6,8-11,14-15H,4,7,12-13,16H2,1-3H3,(H,25,27)(H2,23,24,26). The highest BCUT2D eigenvalue weighted by atomic mass is 16.5. The molecule has 0 fully saturated rings. The van der Waals surface area contributed by atoms with E-state index in [4.69, 9.17) is 9.47 Å². The van der Waals surface area contributed by atoms with Gasteiger partial charge in [0.1, 0.15) is 5.75 Å². The summed E-state index contributed by atoms with van der Waals surface area (Å²) in [6.45, 7) is 3.43. The lowest BCUT2D eigenvalue weighted by Crippen LogP contribution is -2.37. The van der Waals surface area contributed by atoms with E-state index in [1.807, 2.05) is 48.5 Å². The van der Waals surface area contributed by atoms with E-state index >= 15 is 0 Å². The topological polar surface area (TPSA) is 84.0 Å². The molecule has 0 aliphatic rings. The SMILES string of the molecule is CCc1cccc(NC(=O)CNC(=NC)Nc2cccc(OCCCOC)c2)c1. The Morgan fingerprint density at radius 1 is 1.03 bits per heavy atom. The number of aliphatic imine (C=N–C) groups is 1. The van der Waals surface area contributed by atoms with Gasteiger partial charge in [-0.1, -0.05) is 25.1 Å². The van der Waals surface area contributed by atoms with Gasteiger partial charge in [-0.3, -0.25) is 9.79 Å². The van der Waals surface area contributed by atoms with Crippen molar-refractivity contribution in [2.45, 2.75) is 19.8 Å². The number of carbonyl (C=O) groups is 1. The van der Waals surface area contributed by atoms with Crippen molar-refractivity contribution in [1.82, 2.24) is 5.32 Å². The molecule has 0 bridgehead atoms. The van der Waals surface area contributed by atoms with E-state index in [2.05, 4.69) is 27.9 Å². The van der Waals surface area contributed by atoms with Gasteiger partial charge in [0, 0.05) is 44.6 Å². The minimum atomic E-state index is -0.142. The van der Waals surface area contributed by atoms with Crippen molar-refractivity contribution >= 4 is 23.2 Å². The first-order chi connectivity index (χ1) is 14.1. The molecule has 3 N–H and O–H groups in total. The van der Waals surface area contributed by atoms with Crippen LogP contribution in [0.15, 0.2) is 53.5 Å². The van der Waals surface area contributed by atoms with E-state index in [-0.39, 0.29) is 12.5 Å². The predicted molar refractivity (Wildman–Crippen MR) is 118 cm³/mol. The Bertz CT molecular complexity index is 808. The van der Waals surface area contributed by atoms with Crippen LogP contribution in [0.5, 0.6) is 5.75 Å². The van der Waals surface area contributed by atoms with Crippen LogP contribution in [0.25, 0.3) is 0 Å². The fraction of sp³-hybridized carbons (Fsp3) is 0.364. The molecule has 2 aromatic rings. The molecule has 29 heavy (non-hydrogen) atoms. The van der Waals surface area contributed by atoms with E-state index in [9.17, 15) is 4.79 Å². The van der Waals surface area contributed by atoms with Gasteiger partial charge in [0.2, 0.25) is 5.91 Å². The third-order valence-electron chi connectivity index (χ3n) is 4.12. The summed E-state index contributed by atoms with van der Waals surface area (Å²) in [6.07, 6.45) is 1.75. The number of benzene rings is 2. The lowest BCUT2D eigenvalue weighted by atomic mass is 10.1. The van der Waals surface area contributed by atoms with Gasteiger partial charge in [0.05, 0.1) is 13.2 Å². The third kappa shape index (κ3) is 8.23. The van der Waals surface area contributed by atoms with Gasteiger partial charge in [-0.05, 0) is 36.2 Å². The zero-order chi connectivity index (χ0) is 20.9. The van der Waals surface area contributed by atoms with Gasteiger partial charge in [0.15, 0.2) is 5.96 Å². The number of aryl methyl sites for hydroxylation is 1. The van der Waals surface area contributed by atoms with Crippen LogP contribution in [0.2, 0.25) is 0 Å². The number of methoxy groups -OCH3 is 1. The molecule has 7 heteroatoms. The maximum absolute atomic E-state index is 12.2. The Labute approximate surface area is 172 Å². The van der Waals surface area contributed by atoms with Crippen molar-refractivity contribution < 1.29 is 14.3 Å². The number of anilines is 2. The van der Waals surface area contributed by atoms with Crippen molar-refractivity contribution in [2.75, 3.05) is 44.5 Å². The summed E-state index contributed by atoms with van der Waals surface area (Å²) in [6, 6.07) is 15.4. The zero-order valence-electron chi connectivity index (χ0n) is 17.3. The summed E-state index contributed by atoms with van der Waals surface area (Å²) >= 11 is 0. The monoisotopic (exact) mass is 398 g/mol. The molecule has 0 aliphatic carbocycles. The molecule has 0 saturated heterocycles. The van der Waals surface area contributed by atoms with E-state index < -0.39 is 0 Å². The van der Waals surface area contributed by atoms with Gasteiger partial charge in [0.25, 0.3) is 0 Å². The lowest BCUT2D eigenvalue weighted by molar-refractivity contribution is -0.115. The molecule has 7 nitrogen and oxygen atoms in total. The summed E-state index contributed by atoms with van der Waals surface area (Å²) in [5.41, 5.74) is 2.79. The van der Waals surface area contributed by atoms with Crippen molar-refractivity contribution in [1.29, 1.82) is 0 Å². The van der Waals surface area contributed by atoms with Gasteiger partial charge in [-0.2, -0.15) is 0 Å². The normalized spacial score (nSPS) is 11.1.